The number of nitrogens with one attached hydrogen (secondary N) is 1. The lowest BCUT2D eigenvalue weighted by molar-refractivity contribution is -0.119. The summed E-state index contributed by atoms with van der Waals surface area (Å²) in [5.74, 6) is 1.04. The van der Waals surface area contributed by atoms with Crippen molar-refractivity contribution < 1.29 is 4.79 Å². The molecule has 0 radical (unpaired) electrons. The maximum atomic E-state index is 11.2. The normalized spacial score (nSPS) is 19.3. The Morgan fingerprint density at radius 1 is 1.50 bits per heavy atom. The highest BCUT2D eigenvalue weighted by atomic mass is 32.1. The van der Waals surface area contributed by atoms with E-state index >= 15 is 0 Å². The highest BCUT2D eigenvalue weighted by Gasteiger charge is 2.23. The zero-order valence-electron chi connectivity index (χ0n) is 11.7. The molecule has 0 spiro atoms. The van der Waals surface area contributed by atoms with E-state index in [0.717, 1.165) is 42.0 Å². The first kappa shape index (κ1) is 13.3. The van der Waals surface area contributed by atoms with Crippen molar-refractivity contribution in [2.24, 2.45) is 0 Å². The smallest absolute Gasteiger partial charge is 0.217 e. The van der Waals surface area contributed by atoms with Gasteiger partial charge in [-0.3, -0.25) is 4.79 Å². The number of anilines is 1. The van der Waals surface area contributed by atoms with Gasteiger partial charge in [-0.25, -0.2) is 9.97 Å². The van der Waals surface area contributed by atoms with Crippen LogP contribution in [0.2, 0.25) is 0 Å². The number of hydrogen-bond donors (Lipinski definition) is 1. The lowest BCUT2D eigenvalue weighted by Crippen LogP contribution is -2.47. The van der Waals surface area contributed by atoms with Gasteiger partial charge in [0.2, 0.25) is 5.91 Å². The van der Waals surface area contributed by atoms with Crippen LogP contribution >= 0.6 is 11.3 Å². The Bertz CT molecular complexity index is 639. The molecule has 106 valence electrons. The van der Waals surface area contributed by atoms with Crippen molar-refractivity contribution in [2.45, 2.75) is 32.7 Å². The summed E-state index contributed by atoms with van der Waals surface area (Å²) in [4.78, 5) is 22.3. The summed E-state index contributed by atoms with van der Waals surface area (Å²) in [7, 11) is 0. The van der Waals surface area contributed by atoms with Crippen LogP contribution in [-0.4, -0.2) is 35.0 Å². The van der Waals surface area contributed by atoms with Crippen LogP contribution in [0.4, 0.5) is 5.82 Å². The largest absolute Gasteiger partial charge is 0.353 e. The number of thiophene rings is 1. The molecule has 1 amide bonds. The number of carbonyl (C=O) groups excluding carboxylic acids is 1. The van der Waals surface area contributed by atoms with E-state index in [1.54, 1.807) is 24.6 Å². The molecule has 0 bridgehead atoms. The van der Waals surface area contributed by atoms with Gasteiger partial charge in [0.15, 0.2) is 0 Å². The van der Waals surface area contributed by atoms with Gasteiger partial charge in [0.05, 0.1) is 10.2 Å². The fourth-order valence-corrected chi connectivity index (χ4v) is 3.78. The molecule has 1 unspecified atom stereocenters. The summed E-state index contributed by atoms with van der Waals surface area (Å²) < 4.78 is 1.15. The van der Waals surface area contributed by atoms with Crippen molar-refractivity contribution in [3.05, 3.63) is 17.3 Å². The molecule has 1 N–H and O–H groups in total. The molecule has 0 saturated carbocycles. The second-order valence-electron chi connectivity index (χ2n) is 5.28. The van der Waals surface area contributed by atoms with E-state index in [2.05, 4.69) is 32.5 Å². The van der Waals surface area contributed by atoms with Gasteiger partial charge in [0.25, 0.3) is 0 Å². The van der Waals surface area contributed by atoms with E-state index in [1.165, 1.54) is 5.56 Å². The molecular formula is C14H18N4OS. The molecule has 0 aromatic carbocycles. The first-order valence-corrected chi connectivity index (χ1v) is 7.74. The second-order valence-corrected chi connectivity index (χ2v) is 6.16. The molecule has 1 fully saturated rings. The Balaban J connectivity index is 1.88. The number of piperidine rings is 1. The summed E-state index contributed by atoms with van der Waals surface area (Å²) in [6, 6.07) is 0.215. The highest BCUT2D eigenvalue weighted by molar-refractivity contribution is 7.18. The van der Waals surface area contributed by atoms with E-state index < -0.39 is 0 Å². The van der Waals surface area contributed by atoms with Gasteiger partial charge in [0.1, 0.15) is 12.1 Å². The maximum absolute atomic E-state index is 11.2. The van der Waals surface area contributed by atoms with Crippen LogP contribution in [0.5, 0.6) is 0 Å². The highest BCUT2D eigenvalue weighted by Crippen LogP contribution is 2.32. The minimum absolute atomic E-state index is 0.0386. The van der Waals surface area contributed by atoms with Crippen molar-refractivity contribution in [3.63, 3.8) is 0 Å². The quantitative estimate of drug-likeness (QED) is 0.920. The van der Waals surface area contributed by atoms with Gasteiger partial charge in [-0.05, 0) is 30.7 Å². The third-order valence-corrected chi connectivity index (χ3v) is 4.72. The molecule has 0 aliphatic carbocycles. The lowest BCUT2D eigenvalue weighted by Gasteiger charge is -2.33. The van der Waals surface area contributed by atoms with E-state index in [-0.39, 0.29) is 11.9 Å². The molecule has 5 nitrogen and oxygen atoms in total. The molecule has 2 aromatic heterocycles. The van der Waals surface area contributed by atoms with Crippen LogP contribution in [-0.2, 0) is 4.79 Å². The van der Waals surface area contributed by atoms with Crippen LogP contribution in [0.15, 0.2) is 11.7 Å². The van der Waals surface area contributed by atoms with Gasteiger partial charge in [-0.1, -0.05) is 0 Å². The summed E-state index contributed by atoms with van der Waals surface area (Å²) >= 11 is 1.70. The van der Waals surface area contributed by atoms with E-state index in [0.29, 0.717) is 0 Å². The zero-order valence-corrected chi connectivity index (χ0v) is 12.5. The number of nitrogens with zero attached hydrogens (tertiary/aromatic N) is 3. The molecule has 2 aromatic rings. The molecule has 3 rings (SSSR count). The Labute approximate surface area is 122 Å². The standard InChI is InChI=1S/C14H18N4OS/c1-9-7-20-13-12(9)15-8-16-14(13)18-5-3-4-11(6-18)17-10(2)19/h7-8,11H,3-6H2,1-2H3,(H,17,19). The maximum Gasteiger partial charge on any atom is 0.217 e. The van der Waals surface area contributed by atoms with Gasteiger partial charge in [0, 0.05) is 26.1 Å². The molecular weight excluding hydrogens is 272 g/mol. The average Bonchev–Trinajstić information content (AvgIpc) is 2.80. The SMILES string of the molecule is CC(=O)NC1CCCN(c2ncnc3c(C)csc23)C1. The average molecular weight is 290 g/mol. The van der Waals surface area contributed by atoms with Gasteiger partial charge in [-0.15, -0.1) is 11.3 Å². The second kappa shape index (κ2) is 5.36. The first-order valence-electron chi connectivity index (χ1n) is 6.86. The number of rotatable bonds is 2. The fraction of sp³-hybridized carbons (Fsp3) is 0.500. The number of fused-ring (bicyclic) bond motifs is 1. The van der Waals surface area contributed by atoms with E-state index in [1.807, 2.05) is 0 Å². The molecule has 1 saturated heterocycles. The van der Waals surface area contributed by atoms with Crippen LogP contribution in [0.25, 0.3) is 10.2 Å². The molecule has 6 heteroatoms. The topological polar surface area (TPSA) is 58.1 Å². The molecule has 3 heterocycles. The van der Waals surface area contributed by atoms with Crippen LogP contribution in [0.3, 0.4) is 0 Å². The summed E-state index contributed by atoms with van der Waals surface area (Å²) in [5, 5.41) is 5.14. The van der Waals surface area contributed by atoms with Crippen molar-refractivity contribution in [1.29, 1.82) is 0 Å². The van der Waals surface area contributed by atoms with Crippen molar-refractivity contribution >= 4 is 33.3 Å². The third kappa shape index (κ3) is 2.47. The minimum Gasteiger partial charge on any atom is -0.353 e. The first-order chi connectivity index (χ1) is 9.65. The number of carbonyl (C=O) groups is 1. The van der Waals surface area contributed by atoms with Crippen molar-refractivity contribution in [2.75, 3.05) is 18.0 Å². The van der Waals surface area contributed by atoms with E-state index in [4.69, 9.17) is 0 Å². The zero-order chi connectivity index (χ0) is 14.1. The molecule has 1 aliphatic rings. The summed E-state index contributed by atoms with van der Waals surface area (Å²) in [6.45, 7) is 5.46. The van der Waals surface area contributed by atoms with Crippen molar-refractivity contribution in [3.8, 4) is 0 Å². The molecule has 1 atom stereocenters. The van der Waals surface area contributed by atoms with Crippen molar-refractivity contribution in [1.82, 2.24) is 15.3 Å². The van der Waals surface area contributed by atoms with Gasteiger partial charge < -0.3 is 10.2 Å². The number of aromatic nitrogens is 2. The fourth-order valence-electron chi connectivity index (χ4n) is 2.76. The third-order valence-electron chi connectivity index (χ3n) is 3.64. The Morgan fingerprint density at radius 2 is 2.35 bits per heavy atom. The van der Waals surface area contributed by atoms with E-state index in [9.17, 15) is 4.79 Å². The Kier molecular flexibility index (Phi) is 3.56. The number of aryl methyl sites for hydroxylation is 1. The van der Waals surface area contributed by atoms with Gasteiger partial charge >= 0.3 is 0 Å². The van der Waals surface area contributed by atoms with Gasteiger partial charge in [-0.2, -0.15) is 0 Å². The monoisotopic (exact) mass is 290 g/mol. The Hall–Kier alpha value is -1.69. The summed E-state index contributed by atoms with van der Waals surface area (Å²) in [5.41, 5.74) is 2.24. The van der Waals surface area contributed by atoms with Crippen LogP contribution in [0.1, 0.15) is 25.3 Å². The van der Waals surface area contributed by atoms with Crippen LogP contribution < -0.4 is 10.2 Å². The minimum atomic E-state index is 0.0386. The lowest BCUT2D eigenvalue weighted by atomic mass is 10.1. The predicted octanol–water partition coefficient (Wildman–Crippen LogP) is 2.10. The molecule has 20 heavy (non-hydrogen) atoms. The summed E-state index contributed by atoms with van der Waals surface area (Å²) in [6.07, 6.45) is 3.74. The molecule has 1 aliphatic heterocycles. The number of hydrogen-bond acceptors (Lipinski definition) is 5. The number of amides is 1. The van der Waals surface area contributed by atoms with Crippen LogP contribution in [0, 0.1) is 6.92 Å². The Morgan fingerprint density at radius 3 is 3.15 bits per heavy atom. The predicted molar refractivity (Wildman–Crippen MR) is 81.2 cm³/mol.